The standard InChI is InChI=1S/C16H14NOPS2/c1-17-12-15(21-16(17)20)19(18,13-8-4-2-5-9-13)14-10-6-3-7-11-14/h2-12H,1H3. The fourth-order valence-electron chi connectivity index (χ4n) is 2.23. The van der Waals surface area contributed by atoms with Crippen molar-refractivity contribution in [2.45, 2.75) is 0 Å². The van der Waals surface area contributed by atoms with Crippen LogP contribution in [0.1, 0.15) is 0 Å². The van der Waals surface area contributed by atoms with E-state index in [1.54, 1.807) is 0 Å². The summed E-state index contributed by atoms with van der Waals surface area (Å²) in [4.78, 5) is 0. The van der Waals surface area contributed by atoms with E-state index in [1.807, 2.05) is 78.5 Å². The zero-order valence-corrected chi connectivity index (χ0v) is 14.0. The maximum absolute atomic E-state index is 13.9. The van der Waals surface area contributed by atoms with Crippen LogP contribution in [-0.4, -0.2) is 4.57 Å². The molecule has 2 aromatic carbocycles. The van der Waals surface area contributed by atoms with Crippen molar-refractivity contribution in [1.82, 2.24) is 4.57 Å². The molecule has 3 rings (SSSR count). The van der Waals surface area contributed by atoms with Crippen LogP contribution < -0.4 is 15.2 Å². The van der Waals surface area contributed by atoms with Crippen LogP contribution in [0.4, 0.5) is 0 Å². The van der Waals surface area contributed by atoms with Crippen molar-refractivity contribution in [1.29, 1.82) is 0 Å². The molecular formula is C16H14NOPS2. The Morgan fingerprint density at radius 2 is 1.43 bits per heavy atom. The number of hydrogen-bond donors (Lipinski definition) is 0. The summed E-state index contributed by atoms with van der Waals surface area (Å²) in [7, 11) is -0.960. The summed E-state index contributed by atoms with van der Waals surface area (Å²) < 4.78 is 17.3. The lowest BCUT2D eigenvalue weighted by atomic mass is 10.4. The highest BCUT2D eigenvalue weighted by Crippen LogP contribution is 2.43. The van der Waals surface area contributed by atoms with Crippen LogP contribution in [-0.2, 0) is 11.6 Å². The summed E-state index contributed by atoms with van der Waals surface area (Å²) in [6.45, 7) is 0. The first-order chi connectivity index (χ1) is 10.1. The minimum Gasteiger partial charge on any atom is -0.332 e. The SMILES string of the molecule is Cn1cc(P(=O)(c2ccccc2)c2ccccc2)sc1=S. The molecule has 0 aliphatic heterocycles. The van der Waals surface area contributed by atoms with Crippen molar-refractivity contribution in [3.8, 4) is 0 Å². The van der Waals surface area contributed by atoms with E-state index in [-0.39, 0.29) is 0 Å². The molecule has 0 radical (unpaired) electrons. The smallest absolute Gasteiger partial charge is 0.182 e. The Morgan fingerprint density at radius 3 is 1.81 bits per heavy atom. The molecule has 0 spiro atoms. The van der Waals surface area contributed by atoms with E-state index in [1.165, 1.54) is 11.3 Å². The van der Waals surface area contributed by atoms with E-state index in [9.17, 15) is 4.57 Å². The fraction of sp³-hybridized carbons (Fsp3) is 0.0625. The lowest BCUT2D eigenvalue weighted by Crippen LogP contribution is -2.23. The summed E-state index contributed by atoms with van der Waals surface area (Å²) in [5.41, 5.74) is 0. The summed E-state index contributed by atoms with van der Waals surface area (Å²) >= 11 is 6.73. The van der Waals surface area contributed by atoms with Crippen LogP contribution in [0.2, 0.25) is 0 Å². The first-order valence-electron chi connectivity index (χ1n) is 6.50. The zero-order valence-electron chi connectivity index (χ0n) is 11.5. The summed E-state index contributed by atoms with van der Waals surface area (Å²) in [6, 6.07) is 19.3. The minimum absolute atomic E-state index is 0.733. The van der Waals surface area contributed by atoms with Gasteiger partial charge in [-0.1, -0.05) is 60.7 Å². The predicted molar refractivity (Wildman–Crippen MR) is 93.5 cm³/mol. The van der Waals surface area contributed by atoms with Crippen molar-refractivity contribution < 1.29 is 4.57 Å². The van der Waals surface area contributed by atoms with Crippen LogP contribution in [0.25, 0.3) is 0 Å². The first-order valence-corrected chi connectivity index (χ1v) is 9.44. The van der Waals surface area contributed by atoms with Gasteiger partial charge in [0, 0.05) is 23.9 Å². The molecule has 0 saturated heterocycles. The second kappa shape index (κ2) is 5.72. The van der Waals surface area contributed by atoms with Gasteiger partial charge in [-0.3, -0.25) is 0 Å². The molecular weight excluding hydrogens is 317 g/mol. The fourth-order valence-corrected chi connectivity index (χ4v) is 7.06. The molecule has 5 heteroatoms. The van der Waals surface area contributed by atoms with Crippen LogP contribution in [0, 0.1) is 3.95 Å². The Morgan fingerprint density at radius 1 is 0.952 bits per heavy atom. The van der Waals surface area contributed by atoms with Gasteiger partial charge in [0.1, 0.15) is 0 Å². The Kier molecular flexibility index (Phi) is 3.94. The average Bonchev–Trinajstić information content (AvgIpc) is 2.88. The molecule has 0 aliphatic carbocycles. The van der Waals surface area contributed by atoms with Gasteiger partial charge in [0.25, 0.3) is 0 Å². The molecule has 106 valence electrons. The van der Waals surface area contributed by atoms with Crippen molar-refractivity contribution >= 4 is 45.9 Å². The molecule has 0 amide bonds. The molecule has 1 heterocycles. The van der Waals surface area contributed by atoms with E-state index in [4.69, 9.17) is 12.2 Å². The number of aromatic nitrogens is 1. The third-order valence-corrected chi connectivity index (χ3v) is 8.48. The van der Waals surface area contributed by atoms with Crippen molar-refractivity contribution in [3.63, 3.8) is 0 Å². The number of nitrogens with zero attached hydrogens (tertiary/aromatic N) is 1. The molecule has 3 aromatic rings. The van der Waals surface area contributed by atoms with Gasteiger partial charge in [0.05, 0.1) is 4.62 Å². The predicted octanol–water partition coefficient (Wildman–Crippen LogP) is 3.46. The molecule has 0 fully saturated rings. The highest BCUT2D eigenvalue weighted by molar-refractivity contribution is 7.89. The first kappa shape index (κ1) is 14.5. The second-order valence-corrected chi connectivity index (χ2v) is 9.44. The van der Waals surface area contributed by atoms with Crippen molar-refractivity contribution in [2.75, 3.05) is 0 Å². The molecule has 0 unspecified atom stereocenters. The van der Waals surface area contributed by atoms with Crippen LogP contribution in [0.5, 0.6) is 0 Å². The van der Waals surface area contributed by atoms with Crippen LogP contribution in [0.15, 0.2) is 66.9 Å². The molecule has 21 heavy (non-hydrogen) atoms. The molecule has 0 N–H and O–H groups in total. The van der Waals surface area contributed by atoms with Gasteiger partial charge in [-0.2, -0.15) is 0 Å². The van der Waals surface area contributed by atoms with E-state index in [0.29, 0.717) is 0 Å². The average molecular weight is 331 g/mol. The van der Waals surface area contributed by atoms with Crippen molar-refractivity contribution in [3.05, 3.63) is 70.8 Å². The second-order valence-electron chi connectivity index (χ2n) is 4.73. The molecule has 0 saturated carbocycles. The van der Waals surface area contributed by atoms with E-state index >= 15 is 0 Å². The third kappa shape index (κ3) is 2.55. The van der Waals surface area contributed by atoms with Gasteiger partial charge in [-0.15, -0.1) is 11.3 Å². The Balaban J connectivity index is 2.31. The zero-order chi connectivity index (χ0) is 14.9. The number of hydrogen-bond acceptors (Lipinski definition) is 3. The maximum Gasteiger partial charge on any atom is 0.182 e. The van der Waals surface area contributed by atoms with Crippen LogP contribution in [0.3, 0.4) is 0 Å². The Hall–Kier alpha value is -1.48. The van der Waals surface area contributed by atoms with E-state index in [0.717, 1.165) is 19.2 Å². The van der Waals surface area contributed by atoms with Gasteiger partial charge >= 0.3 is 0 Å². The number of aryl methyl sites for hydroxylation is 1. The summed E-state index contributed by atoms with van der Waals surface area (Å²) in [6.07, 6.45) is 1.90. The minimum atomic E-state index is -2.85. The molecule has 1 aromatic heterocycles. The number of benzene rings is 2. The Bertz CT molecular complexity index is 809. The largest absolute Gasteiger partial charge is 0.332 e. The number of rotatable bonds is 3. The highest BCUT2D eigenvalue weighted by atomic mass is 32.2. The van der Waals surface area contributed by atoms with Gasteiger partial charge in [0.2, 0.25) is 0 Å². The molecule has 0 atom stereocenters. The van der Waals surface area contributed by atoms with E-state index < -0.39 is 7.14 Å². The van der Waals surface area contributed by atoms with Gasteiger partial charge in [-0.25, -0.2) is 0 Å². The molecule has 2 nitrogen and oxygen atoms in total. The monoisotopic (exact) mass is 331 g/mol. The summed E-state index contributed by atoms with van der Waals surface area (Å²) in [5, 5.41) is 1.68. The van der Waals surface area contributed by atoms with Crippen molar-refractivity contribution in [2.24, 2.45) is 7.05 Å². The van der Waals surface area contributed by atoms with Gasteiger partial charge < -0.3 is 9.13 Å². The van der Waals surface area contributed by atoms with Crippen LogP contribution >= 0.6 is 30.7 Å². The topological polar surface area (TPSA) is 22.0 Å². The normalized spacial score (nSPS) is 11.5. The maximum atomic E-state index is 13.9. The lowest BCUT2D eigenvalue weighted by Gasteiger charge is -2.17. The molecule has 0 aliphatic rings. The number of thiazole rings is 1. The quantitative estimate of drug-likeness (QED) is 0.542. The Labute approximate surface area is 133 Å². The van der Waals surface area contributed by atoms with Gasteiger partial charge in [0.15, 0.2) is 11.1 Å². The third-order valence-electron chi connectivity index (χ3n) is 3.33. The summed E-state index contributed by atoms with van der Waals surface area (Å²) in [5.74, 6) is 0. The van der Waals surface area contributed by atoms with Gasteiger partial charge in [-0.05, 0) is 12.2 Å². The highest BCUT2D eigenvalue weighted by Gasteiger charge is 2.31. The lowest BCUT2D eigenvalue weighted by molar-refractivity contribution is 0.592. The molecule has 0 bridgehead atoms. The van der Waals surface area contributed by atoms with E-state index in [2.05, 4.69) is 0 Å².